The number of halogens is 1. The molecule has 4 nitrogen and oxygen atoms in total. The molecule has 0 radical (unpaired) electrons. The Labute approximate surface area is 204 Å². The third kappa shape index (κ3) is 4.32. The van der Waals surface area contributed by atoms with Gasteiger partial charge in [0.25, 0.3) is 0 Å². The SMILES string of the molecule is Fc1ccc(C2CCN(CC3CCN(c4ncnc5scc(-c6ccccc6)c45)CC3)C2)cc1. The fraction of sp³-hybridized carbons (Fsp3) is 0.357. The van der Waals surface area contributed by atoms with E-state index in [4.69, 9.17) is 4.98 Å². The zero-order chi connectivity index (χ0) is 22.9. The van der Waals surface area contributed by atoms with Gasteiger partial charge in [-0.1, -0.05) is 42.5 Å². The van der Waals surface area contributed by atoms with Crippen molar-refractivity contribution in [2.45, 2.75) is 25.2 Å². The molecule has 2 aromatic heterocycles. The maximum Gasteiger partial charge on any atom is 0.141 e. The van der Waals surface area contributed by atoms with Crippen LogP contribution in [0.4, 0.5) is 10.2 Å². The summed E-state index contributed by atoms with van der Waals surface area (Å²) in [6.45, 7) is 5.47. The summed E-state index contributed by atoms with van der Waals surface area (Å²) in [6, 6.07) is 17.7. The lowest BCUT2D eigenvalue weighted by Crippen LogP contribution is -2.38. The average Bonchev–Trinajstić information content (AvgIpc) is 3.53. The van der Waals surface area contributed by atoms with E-state index in [2.05, 4.69) is 50.5 Å². The van der Waals surface area contributed by atoms with Crippen molar-refractivity contribution in [2.75, 3.05) is 37.6 Å². The monoisotopic (exact) mass is 472 g/mol. The van der Waals surface area contributed by atoms with E-state index in [0.717, 1.165) is 42.7 Å². The fourth-order valence-corrected chi connectivity index (χ4v) is 6.54. The van der Waals surface area contributed by atoms with Crippen LogP contribution in [0.15, 0.2) is 66.3 Å². The van der Waals surface area contributed by atoms with Crippen LogP contribution in [0.3, 0.4) is 0 Å². The first-order chi connectivity index (χ1) is 16.7. The third-order valence-corrected chi connectivity index (χ3v) is 8.37. The van der Waals surface area contributed by atoms with Crippen LogP contribution >= 0.6 is 11.3 Å². The molecule has 1 atom stereocenters. The number of piperidine rings is 1. The fourth-order valence-electron chi connectivity index (χ4n) is 5.63. The third-order valence-electron chi connectivity index (χ3n) is 7.48. The summed E-state index contributed by atoms with van der Waals surface area (Å²) < 4.78 is 13.3. The van der Waals surface area contributed by atoms with Crippen LogP contribution < -0.4 is 4.90 Å². The quantitative estimate of drug-likeness (QED) is 0.346. The van der Waals surface area contributed by atoms with Crippen LogP contribution in [0, 0.1) is 11.7 Å². The smallest absolute Gasteiger partial charge is 0.141 e. The van der Waals surface area contributed by atoms with Gasteiger partial charge in [-0.3, -0.25) is 0 Å². The maximum atomic E-state index is 13.3. The molecule has 34 heavy (non-hydrogen) atoms. The van der Waals surface area contributed by atoms with Gasteiger partial charge in [0, 0.05) is 37.1 Å². The van der Waals surface area contributed by atoms with Gasteiger partial charge in [0.15, 0.2) is 0 Å². The molecule has 0 aliphatic carbocycles. The van der Waals surface area contributed by atoms with Crippen molar-refractivity contribution in [2.24, 2.45) is 5.92 Å². The number of hydrogen-bond acceptors (Lipinski definition) is 5. The minimum Gasteiger partial charge on any atom is -0.356 e. The number of fused-ring (bicyclic) bond motifs is 1. The van der Waals surface area contributed by atoms with Crippen molar-refractivity contribution in [3.63, 3.8) is 0 Å². The highest BCUT2D eigenvalue weighted by atomic mass is 32.1. The van der Waals surface area contributed by atoms with E-state index in [1.54, 1.807) is 29.8 Å². The molecule has 0 N–H and O–H groups in total. The largest absolute Gasteiger partial charge is 0.356 e. The second-order valence-corrected chi connectivity index (χ2v) is 10.5. The van der Waals surface area contributed by atoms with Crippen molar-refractivity contribution in [3.05, 3.63) is 77.7 Å². The lowest BCUT2D eigenvalue weighted by molar-refractivity contribution is 0.247. The van der Waals surface area contributed by atoms with Gasteiger partial charge in [-0.05, 0) is 60.9 Å². The molecule has 2 saturated heterocycles. The number of nitrogens with zero attached hydrogens (tertiary/aromatic N) is 4. The van der Waals surface area contributed by atoms with Crippen molar-refractivity contribution in [1.29, 1.82) is 0 Å². The van der Waals surface area contributed by atoms with E-state index in [9.17, 15) is 4.39 Å². The van der Waals surface area contributed by atoms with E-state index in [-0.39, 0.29) is 5.82 Å². The lowest BCUT2D eigenvalue weighted by Gasteiger charge is -2.35. The second kappa shape index (κ2) is 9.43. The molecule has 0 amide bonds. The molecule has 1 unspecified atom stereocenters. The minimum absolute atomic E-state index is 0.148. The molecule has 6 heteroatoms. The first-order valence-electron chi connectivity index (χ1n) is 12.2. The van der Waals surface area contributed by atoms with Crippen LogP contribution in [0.25, 0.3) is 21.3 Å². The topological polar surface area (TPSA) is 32.3 Å². The predicted octanol–water partition coefficient (Wildman–Crippen LogP) is 6.20. The second-order valence-electron chi connectivity index (χ2n) is 9.62. The molecule has 4 aromatic rings. The van der Waals surface area contributed by atoms with Gasteiger partial charge >= 0.3 is 0 Å². The number of hydrogen-bond donors (Lipinski definition) is 0. The Balaban J connectivity index is 1.11. The number of rotatable bonds is 5. The standard InChI is InChI=1S/C28H29FN4S/c29-24-8-6-21(7-9-24)23-12-13-32(17-23)16-20-10-14-33(15-11-20)27-26-25(22-4-2-1-3-5-22)18-34-28(26)31-19-30-27/h1-9,18-20,23H,10-17H2. The first-order valence-corrected chi connectivity index (χ1v) is 13.1. The van der Waals surface area contributed by atoms with Crippen LogP contribution in [0.2, 0.25) is 0 Å². The molecule has 174 valence electrons. The molecular weight excluding hydrogens is 443 g/mol. The zero-order valence-corrected chi connectivity index (χ0v) is 20.1. The summed E-state index contributed by atoms with van der Waals surface area (Å²) in [4.78, 5) is 15.5. The lowest BCUT2D eigenvalue weighted by atomic mass is 9.95. The Morgan fingerprint density at radius 3 is 2.50 bits per heavy atom. The van der Waals surface area contributed by atoms with Crippen molar-refractivity contribution in [1.82, 2.24) is 14.9 Å². The number of benzene rings is 2. The van der Waals surface area contributed by atoms with Gasteiger partial charge in [0.2, 0.25) is 0 Å². The van der Waals surface area contributed by atoms with E-state index < -0.39 is 0 Å². The first kappa shape index (κ1) is 21.7. The Morgan fingerprint density at radius 2 is 1.71 bits per heavy atom. The Morgan fingerprint density at radius 1 is 0.912 bits per heavy atom. The van der Waals surface area contributed by atoms with Gasteiger partial charge < -0.3 is 9.80 Å². The molecule has 2 aliphatic heterocycles. The minimum atomic E-state index is -0.148. The van der Waals surface area contributed by atoms with Crippen LogP contribution in [-0.2, 0) is 0 Å². The predicted molar refractivity (Wildman–Crippen MR) is 138 cm³/mol. The van der Waals surface area contributed by atoms with Gasteiger partial charge in [0.05, 0.1) is 5.39 Å². The maximum absolute atomic E-state index is 13.3. The normalized spacial score (nSPS) is 19.8. The van der Waals surface area contributed by atoms with Crippen LogP contribution in [0.5, 0.6) is 0 Å². The molecule has 2 fully saturated rings. The summed E-state index contributed by atoms with van der Waals surface area (Å²) >= 11 is 1.70. The van der Waals surface area contributed by atoms with Crippen molar-refractivity contribution >= 4 is 27.4 Å². The van der Waals surface area contributed by atoms with Crippen molar-refractivity contribution in [3.8, 4) is 11.1 Å². The number of likely N-dealkylation sites (tertiary alicyclic amines) is 1. The van der Waals surface area contributed by atoms with Gasteiger partial charge in [-0.25, -0.2) is 14.4 Å². The van der Waals surface area contributed by atoms with Gasteiger partial charge in [-0.2, -0.15) is 0 Å². The molecule has 0 bridgehead atoms. The van der Waals surface area contributed by atoms with Crippen molar-refractivity contribution < 1.29 is 4.39 Å². The molecule has 0 spiro atoms. The number of anilines is 1. The highest BCUT2D eigenvalue weighted by Gasteiger charge is 2.29. The Hall–Kier alpha value is -2.83. The summed E-state index contributed by atoms with van der Waals surface area (Å²) in [5, 5.41) is 3.41. The molecule has 0 saturated carbocycles. The molecule has 2 aromatic carbocycles. The number of thiophene rings is 1. The number of aromatic nitrogens is 2. The van der Waals surface area contributed by atoms with Crippen LogP contribution in [-0.4, -0.2) is 47.6 Å². The van der Waals surface area contributed by atoms with Crippen LogP contribution in [0.1, 0.15) is 30.7 Å². The summed E-state index contributed by atoms with van der Waals surface area (Å²) in [5.41, 5.74) is 3.74. The highest BCUT2D eigenvalue weighted by Crippen LogP contribution is 2.39. The van der Waals surface area contributed by atoms with E-state index in [0.29, 0.717) is 5.92 Å². The molecular formula is C28H29FN4S. The highest BCUT2D eigenvalue weighted by molar-refractivity contribution is 7.17. The van der Waals surface area contributed by atoms with E-state index >= 15 is 0 Å². The summed E-state index contributed by atoms with van der Waals surface area (Å²) in [7, 11) is 0. The molecule has 2 aliphatic rings. The Kier molecular flexibility index (Phi) is 6.02. The van der Waals surface area contributed by atoms with E-state index in [1.165, 1.54) is 47.9 Å². The Bertz CT molecular complexity index is 1250. The molecule has 4 heterocycles. The summed E-state index contributed by atoms with van der Waals surface area (Å²) in [5.74, 6) is 2.19. The van der Waals surface area contributed by atoms with Gasteiger partial charge in [0.1, 0.15) is 22.8 Å². The average molecular weight is 473 g/mol. The van der Waals surface area contributed by atoms with E-state index in [1.807, 2.05) is 12.1 Å². The molecule has 6 rings (SSSR count). The zero-order valence-electron chi connectivity index (χ0n) is 19.2. The van der Waals surface area contributed by atoms with Gasteiger partial charge in [-0.15, -0.1) is 11.3 Å². The summed E-state index contributed by atoms with van der Waals surface area (Å²) in [6.07, 6.45) is 5.26.